The van der Waals surface area contributed by atoms with E-state index in [1.807, 2.05) is 43.3 Å². The van der Waals surface area contributed by atoms with Gasteiger partial charge in [-0.2, -0.15) is 0 Å². The number of para-hydroxylation sites is 1. The molecule has 0 bridgehead atoms. The number of halogens is 1. The molecule has 0 aliphatic heterocycles. The first-order chi connectivity index (χ1) is 14.5. The van der Waals surface area contributed by atoms with E-state index in [0.29, 0.717) is 33.4 Å². The molecule has 154 valence electrons. The van der Waals surface area contributed by atoms with Gasteiger partial charge in [-0.15, -0.1) is 0 Å². The van der Waals surface area contributed by atoms with E-state index >= 15 is 0 Å². The minimum atomic E-state index is -0.269. The zero-order chi connectivity index (χ0) is 21.5. The second-order valence-electron chi connectivity index (χ2n) is 6.60. The Morgan fingerprint density at radius 2 is 1.70 bits per heavy atom. The summed E-state index contributed by atoms with van der Waals surface area (Å²) in [7, 11) is 1.52. The van der Waals surface area contributed by atoms with Crippen LogP contribution in [0.4, 0.5) is 17.1 Å². The van der Waals surface area contributed by atoms with Gasteiger partial charge in [-0.25, -0.2) is 0 Å². The van der Waals surface area contributed by atoms with E-state index < -0.39 is 0 Å². The Bertz CT molecular complexity index is 1050. The van der Waals surface area contributed by atoms with Gasteiger partial charge in [-0.05, 0) is 55.0 Å². The first-order valence-electron chi connectivity index (χ1n) is 9.30. The Morgan fingerprint density at radius 1 is 0.933 bits per heavy atom. The fourth-order valence-corrected chi connectivity index (χ4v) is 3.00. The van der Waals surface area contributed by atoms with Crippen molar-refractivity contribution in [3.05, 3.63) is 82.9 Å². The maximum atomic E-state index is 12.5. The van der Waals surface area contributed by atoms with Crippen molar-refractivity contribution in [3.8, 4) is 5.75 Å². The minimum absolute atomic E-state index is 0.0142. The van der Waals surface area contributed by atoms with Crippen LogP contribution in [0, 0.1) is 6.92 Å². The van der Waals surface area contributed by atoms with Crippen LogP contribution in [0.2, 0.25) is 5.02 Å². The van der Waals surface area contributed by atoms with E-state index in [1.165, 1.54) is 7.11 Å². The summed E-state index contributed by atoms with van der Waals surface area (Å²) in [6.45, 7) is 1.92. The Morgan fingerprint density at radius 3 is 2.43 bits per heavy atom. The second kappa shape index (κ2) is 9.80. The zero-order valence-corrected chi connectivity index (χ0v) is 17.4. The fourth-order valence-electron chi connectivity index (χ4n) is 2.83. The van der Waals surface area contributed by atoms with Crippen LogP contribution in [0.3, 0.4) is 0 Å². The van der Waals surface area contributed by atoms with Crippen molar-refractivity contribution in [3.63, 3.8) is 0 Å². The Labute approximate surface area is 180 Å². The smallest absolute Gasteiger partial charge is 0.255 e. The lowest BCUT2D eigenvalue weighted by atomic mass is 10.1. The van der Waals surface area contributed by atoms with Gasteiger partial charge in [0.05, 0.1) is 19.3 Å². The number of hydrogen-bond donors (Lipinski definition) is 3. The van der Waals surface area contributed by atoms with Crippen LogP contribution in [0.25, 0.3) is 0 Å². The lowest BCUT2D eigenvalue weighted by Crippen LogP contribution is -2.22. The first kappa shape index (κ1) is 21.2. The topological polar surface area (TPSA) is 79.5 Å². The Balaban J connectivity index is 1.65. The summed E-state index contributed by atoms with van der Waals surface area (Å²) in [6.07, 6.45) is 0. The molecule has 0 aromatic heterocycles. The molecule has 0 aliphatic rings. The molecule has 3 rings (SSSR count). The average Bonchev–Trinajstić information content (AvgIpc) is 2.74. The molecule has 0 heterocycles. The van der Waals surface area contributed by atoms with E-state index in [0.717, 1.165) is 5.56 Å². The third-order valence-corrected chi connectivity index (χ3v) is 4.64. The molecule has 3 aromatic rings. The van der Waals surface area contributed by atoms with E-state index in [9.17, 15) is 9.59 Å². The number of benzene rings is 3. The normalized spacial score (nSPS) is 10.2. The SMILES string of the molecule is COc1ccc(Cl)cc1NC(=O)CNc1cc(C(=O)Nc2ccccc2)ccc1C. The van der Waals surface area contributed by atoms with E-state index in [1.54, 1.807) is 30.3 Å². The van der Waals surface area contributed by atoms with Crippen LogP contribution in [0.1, 0.15) is 15.9 Å². The molecule has 0 radical (unpaired) electrons. The molecular formula is C23H22ClN3O3. The van der Waals surface area contributed by atoms with Gasteiger partial charge >= 0.3 is 0 Å². The number of hydrogen-bond acceptors (Lipinski definition) is 4. The molecule has 0 atom stereocenters. The van der Waals surface area contributed by atoms with Gasteiger partial charge in [0.15, 0.2) is 0 Å². The lowest BCUT2D eigenvalue weighted by Gasteiger charge is -2.13. The molecule has 7 heteroatoms. The highest BCUT2D eigenvalue weighted by Gasteiger charge is 2.11. The van der Waals surface area contributed by atoms with Crippen LogP contribution in [0.15, 0.2) is 66.7 Å². The van der Waals surface area contributed by atoms with Gasteiger partial charge in [-0.3, -0.25) is 9.59 Å². The number of anilines is 3. The van der Waals surface area contributed by atoms with Gasteiger partial charge in [0, 0.05) is 22.0 Å². The monoisotopic (exact) mass is 423 g/mol. The highest BCUT2D eigenvalue weighted by atomic mass is 35.5. The van der Waals surface area contributed by atoms with Crippen molar-refractivity contribution < 1.29 is 14.3 Å². The third-order valence-electron chi connectivity index (χ3n) is 4.41. The molecule has 0 fully saturated rings. The predicted octanol–water partition coefficient (Wildman–Crippen LogP) is 4.96. The third kappa shape index (κ3) is 5.52. The summed E-state index contributed by atoms with van der Waals surface area (Å²) in [5.41, 5.74) is 3.31. The maximum absolute atomic E-state index is 12.5. The number of amides is 2. The van der Waals surface area contributed by atoms with E-state index in [4.69, 9.17) is 16.3 Å². The molecule has 0 unspecified atom stereocenters. The van der Waals surface area contributed by atoms with Crippen LogP contribution in [-0.2, 0) is 4.79 Å². The number of rotatable bonds is 7. The van der Waals surface area contributed by atoms with Crippen molar-refractivity contribution >= 4 is 40.5 Å². The number of carbonyl (C=O) groups is 2. The Kier molecular flexibility index (Phi) is 6.93. The quantitative estimate of drug-likeness (QED) is 0.501. The van der Waals surface area contributed by atoms with Crippen LogP contribution in [0.5, 0.6) is 5.75 Å². The average molecular weight is 424 g/mol. The Hall–Kier alpha value is -3.51. The number of aryl methyl sites for hydroxylation is 1. The van der Waals surface area contributed by atoms with Crippen molar-refractivity contribution in [2.24, 2.45) is 0 Å². The van der Waals surface area contributed by atoms with Crippen molar-refractivity contribution in [2.45, 2.75) is 6.92 Å². The van der Waals surface area contributed by atoms with Gasteiger partial charge in [0.25, 0.3) is 5.91 Å². The van der Waals surface area contributed by atoms with E-state index in [-0.39, 0.29) is 18.4 Å². The minimum Gasteiger partial charge on any atom is -0.495 e. The summed E-state index contributed by atoms with van der Waals surface area (Å²) in [4.78, 5) is 24.9. The van der Waals surface area contributed by atoms with Crippen molar-refractivity contribution in [2.75, 3.05) is 29.6 Å². The standard InChI is InChI=1S/C23H22ClN3O3/c1-15-8-9-16(23(29)26-18-6-4-3-5-7-18)12-19(15)25-14-22(28)27-20-13-17(24)10-11-21(20)30-2/h3-13,25H,14H2,1-2H3,(H,26,29)(H,27,28). The molecule has 0 aliphatic carbocycles. The van der Waals surface area contributed by atoms with E-state index in [2.05, 4.69) is 16.0 Å². The molecule has 30 heavy (non-hydrogen) atoms. The number of ether oxygens (including phenoxy) is 1. The van der Waals surface area contributed by atoms with Crippen LogP contribution in [-0.4, -0.2) is 25.5 Å². The molecule has 0 saturated carbocycles. The van der Waals surface area contributed by atoms with Crippen LogP contribution < -0.4 is 20.7 Å². The van der Waals surface area contributed by atoms with Crippen molar-refractivity contribution in [1.29, 1.82) is 0 Å². The van der Waals surface area contributed by atoms with Gasteiger partial charge < -0.3 is 20.7 Å². The summed E-state index contributed by atoms with van der Waals surface area (Å²) in [5.74, 6) is 0.0231. The molecule has 0 saturated heterocycles. The maximum Gasteiger partial charge on any atom is 0.255 e. The molecule has 6 nitrogen and oxygen atoms in total. The van der Waals surface area contributed by atoms with Gasteiger partial charge in [0.2, 0.25) is 5.91 Å². The summed E-state index contributed by atoms with van der Waals surface area (Å²) >= 11 is 6.00. The molecule has 3 aromatic carbocycles. The molecular weight excluding hydrogens is 402 g/mol. The zero-order valence-electron chi connectivity index (χ0n) is 16.7. The number of methoxy groups -OCH3 is 1. The van der Waals surface area contributed by atoms with Gasteiger partial charge in [-0.1, -0.05) is 35.9 Å². The molecule has 3 N–H and O–H groups in total. The fraction of sp³-hybridized carbons (Fsp3) is 0.130. The summed E-state index contributed by atoms with van der Waals surface area (Å²) < 4.78 is 5.24. The van der Waals surface area contributed by atoms with Crippen molar-refractivity contribution in [1.82, 2.24) is 0 Å². The highest BCUT2D eigenvalue weighted by molar-refractivity contribution is 6.31. The van der Waals surface area contributed by atoms with Crippen LogP contribution >= 0.6 is 11.6 Å². The number of nitrogens with one attached hydrogen (secondary N) is 3. The summed E-state index contributed by atoms with van der Waals surface area (Å²) in [6, 6.07) is 19.5. The highest BCUT2D eigenvalue weighted by Crippen LogP contribution is 2.27. The predicted molar refractivity (Wildman–Crippen MR) is 121 cm³/mol. The first-order valence-corrected chi connectivity index (χ1v) is 9.68. The lowest BCUT2D eigenvalue weighted by molar-refractivity contribution is -0.114. The summed E-state index contributed by atoms with van der Waals surface area (Å²) in [5, 5.41) is 9.19. The largest absolute Gasteiger partial charge is 0.495 e. The molecule has 2 amide bonds. The second-order valence-corrected chi connectivity index (χ2v) is 7.03. The number of carbonyl (C=O) groups excluding carboxylic acids is 2. The van der Waals surface area contributed by atoms with Gasteiger partial charge in [0.1, 0.15) is 5.75 Å². The molecule has 0 spiro atoms.